The van der Waals surface area contributed by atoms with Gasteiger partial charge in [0, 0.05) is 28.7 Å². The van der Waals surface area contributed by atoms with E-state index in [4.69, 9.17) is 21.1 Å². The molecule has 4 rings (SSSR count). The molecule has 0 saturated carbocycles. The van der Waals surface area contributed by atoms with Gasteiger partial charge in [0.25, 0.3) is 0 Å². The van der Waals surface area contributed by atoms with Gasteiger partial charge in [0.05, 0.1) is 20.0 Å². The average Bonchev–Trinajstić information content (AvgIpc) is 3.27. The lowest BCUT2D eigenvalue weighted by atomic mass is 10.2. The minimum atomic E-state index is -0.197. The first-order valence-corrected chi connectivity index (χ1v) is 11.2. The summed E-state index contributed by atoms with van der Waals surface area (Å²) < 4.78 is 12.4. The summed E-state index contributed by atoms with van der Waals surface area (Å²) in [7, 11) is 3.10. The fraction of sp³-hybridized carbons (Fsp3) is 0.130. The predicted octanol–water partition coefficient (Wildman–Crippen LogP) is 4.73. The number of hydrogen-bond donors (Lipinski definition) is 1. The van der Waals surface area contributed by atoms with Crippen LogP contribution in [0.4, 0.5) is 5.69 Å². The molecule has 168 valence electrons. The molecule has 0 saturated heterocycles. The van der Waals surface area contributed by atoms with Crippen LogP contribution in [0.3, 0.4) is 0 Å². The minimum Gasteiger partial charge on any atom is -0.493 e. The zero-order valence-corrected chi connectivity index (χ0v) is 19.4. The Bertz CT molecular complexity index is 1250. The zero-order valence-electron chi connectivity index (χ0n) is 17.9. The number of amides is 1. The highest BCUT2D eigenvalue weighted by atomic mass is 35.5. The maximum Gasteiger partial charge on any atom is 0.234 e. The maximum atomic E-state index is 12.6. The summed E-state index contributed by atoms with van der Waals surface area (Å²) in [5, 5.41) is 12.7. The number of rotatable bonds is 8. The molecule has 33 heavy (non-hydrogen) atoms. The quantitative estimate of drug-likeness (QED) is 0.364. The van der Waals surface area contributed by atoms with Crippen LogP contribution in [0.15, 0.2) is 72.0 Å². The molecule has 2 heterocycles. The summed E-state index contributed by atoms with van der Waals surface area (Å²) in [6, 6.07) is 18.1. The van der Waals surface area contributed by atoms with Crippen LogP contribution in [0.5, 0.6) is 11.5 Å². The van der Waals surface area contributed by atoms with Crippen molar-refractivity contribution in [2.75, 3.05) is 25.3 Å². The summed E-state index contributed by atoms with van der Waals surface area (Å²) in [6.07, 6.45) is 1.69. The van der Waals surface area contributed by atoms with E-state index in [1.807, 2.05) is 34.9 Å². The molecule has 0 aliphatic carbocycles. The highest BCUT2D eigenvalue weighted by Crippen LogP contribution is 2.31. The SMILES string of the molecule is COc1ccc(NC(=O)CSc2nnc(-c3ccccn3)n2-c2ccc(Cl)cc2)cc1OC. The van der Waals surface area contributed by atoms with Crippen LogP contribution in [0.2, 0.25) is 5.02 Å². The van der Waals surface area contributed by atoms with E-state index in [1.54, 1.807) is 50.7 Å². The van der Waals surface area contributed by atoms with Crippen molar-refractivity contribution in [1.29, 1.82) is 0 Å². The molecule has 2 aromatic heterocycles. The van der Waals surface area contributed by atoms with E-state index in [2.05, 4.69) is 20.5 Å². The number of halogens is 1. The van der Waals surface area contributed by atoms with Gasteiger partial charge < -0.3 is 14.8 Å². The van der Waals surface area contributed by atoms with E-state index in [1.165, 1.54) is 11.8 Å². The fourth-order valence-electron chi connectivity index (χ4n) is 3.09. The Hall–Kier alpha value is -3.56. The van der Waals surface area contributed by atoms with E-state index in [9.17, 15) is 4.79 Å². The minimum absolute atomic E-state index is 0.127. The van der Waals surface area contributed by atoms with Crippen LogP contribution in [-0.4, -0.2) is 45.6 Å². The molecule has 2 aromatic carbocycles. The van der Waals surface area contributed by atoms with Crippen LogP contribution in [0.1, 0.15) is 0 Å². The van der Waals surface area contributed by atoms with Gasteiger partial charge in [-0.25, -0.2) is 0 Å². The average molecular weight is 482 g/mol. The fourth-order valence-corrected chi connectivity index (χ4v) is 3.97. The number of nitrogens with zero attached hydrogens (tertiary/aromatic N) is 4. The van der Waals surface area contributed by atoms with Gasteiger partial charge in [-0.05, 0) is 48.5 Å². The van der Waals surface area contributed by atoms with E-state index < -0.39 is 0 Å². The van der Waals surface area contributed by atoms with Gasteiger partial charge in [0.2, 0.25) is 5.91 Å². The van der Waals surface area contributed by atoms with E-state index >= 15 is 0 Å². The van der Waals surface area contributed by atoms with Gasteiger partial charge in [-0.15, -0.1) is 10.2 Å². The Kier molecular flexibility index (Phi) is 7.11. The number of methoxy groups -OCH3 is 2. The first-order valence-electron chi connectivity index (χ1n) is 9.86. The van der Waals surface area contributed by atoms with Crippen LogP contribution in [-0.2, 0) is 4.79 Å². The van der Waals surface area contributed by atoms with Crippen molar-refractivity contribution < 1.29 is 14.3 Å². The summed E-state index contributed by atoms with van der Waals surface area (Å²) in [5.74, 6) is 1.62. The Balaban J connectivity index is 1.55. The van der Waals surface area contributed by atoms with Crippen molar-refractivity contribution in [3.05, 3.63) is 71.9 Å². The molecule has 0 atom stereocenters. The smallest absolute Gasteiger partial charge is 0.234 e. The second-order valence-electron chi connectivity index (χ2n) is 6.74. The Morgan fingerprint density at radius 3 is 2.52 bits per heavy atom. The summed E-state index contributed by atoms with van der Waals surface area (Å²) >= 11 is 7.33. The standard InChI is InChI=1S/C23H20ClN5O3S/c1-31-19-11-8-16(13-20(19)32-2)26-21(30)14-33-23-28-27-22(18-5-3-4-12-25-18)29(23)17-9-6-15(24)7-10-17/h3-13H,14H2,1-2H3,(H,26,30). The number of hydrogen-bond acceptors (Lipinski definition) is 7. The van der Waals surface area contributed by atoms with E-state index in [0.717, 1.165) is 5.69 Å². The number of nitrogens with one attached hydrogen (secondary N) is 1. The Morgan fingerprint density at radius 2 is 1.82 bits per heavy atom. The molecule has 10 heteroatoms. The van der Waals surface area contributed by atoms with Crippen LogP contribution >= 0.6 is 23.4 Å². The number of pyridine rings is 1. The first kappa shape index (κ1) is 22.6. The molecule has 0 bridgehead atoms. The third-order valence-electron chi connectivity index (χ3n) is 4.61. The van der Waals surface area contributed by atoms with Gasteiger partial charge in [0.1, 0.15) is 5.69 Å². The summed E-state index contributed by atoms with van der Waals surface area (Å²) in [6.45, 7) is 0. The number of ether oxygens (including phenoxy) is 2. The molecular weight excluding hydrogens is 462 g/mol. The van der Waals surface area contributed by atoms with Crippen LogP contribution in [0, 0.1) is 0 Å². The molecule has 0 radical (unpaired) electrons. The lowest BCUT2D eigenvalue weighted by Gasteiger charge is -2.11. The van der Waals surface area contributed by atoms with Crippen molar-refractivity contribution in [2.24, 2.45) is 0 Å². The lowest BCUT2D eigenvalue weighted by Crippen LogP contribution is -2.14. The van der Waals surface area contributed by atoms with E-state index in [-0.39, 0.29) is 11.7 Å². The van der Waals surface area contributed by atoms with E-state index in [0.29, 0.717) is 38.9 Å². The Morgan fingerprint density at radius 1 is 1.03 bits per heavy atom. The topological polar surface area (TPSA) is 91.2 Å². The number of carbonyl (C=O) groups excluding carboxylic acids is 1. The molecule has 0 aliphatic rings. The normalized spacial score (nSPS) is 10.6. The Labute approximate surface area is 199 Å². The third kappa shape index (κ3) is 5.27. The van der Waals surface area contributed by atoms with Crippen molar-refractivity contribution in [1.82, 2.24) is 19.7 Å². The molecule has 0 aliphatic heterocycles. The van der Waals surface area contributed by atoms with Gasteiger partial charge >= 0.3 is 0 Å². The van der Waals surface area contributed by atoms with Crippen molar-refractivity contribution in [3.63, 3.8) is 0 Å². The zero-order chi connectivity index (χ0) is 23.2. The third-order valence-corrected chi connectivity index (χ3v) is 5.79. The molecule has 1 amide bonds. The molecule has 0 unspecified atom stereocenters. The largest absolute Gasteiger partial charge is 0.493 e. The predicted molar refractivity (Wildman–Crippen MR) is 128 cm³/mol. The summed E-state index contributed by atoms with van der Waals surface area (Å²) in [4.78, 5) is 17.0. The van der Waals surface area contributed by atoms with Gasteiger partial charge in [-0.2, -0.15) is 0 Å². The summed E-state index contributed by atoms with van der Waals surface area (Å²) in [5.41, 5.74) is 2.08. The highest BCUT2D eigenvalue weighted by Gasteiger charge is 2.18. The second kappa shape index (κ2) is 10.4. The van der Waals surface area contributed by atoms with Crippen LogP contribution in [0.25, 0.3) is 17.2 Å². The molecule has 1 N–H and O–H groups in total. The van der Waals surface area contributed by atoms with Gasteiger partial charge in [-0.3, -0.25) is 14.3 Å². The van der Waals surface area contributed by atoms with Gasteiger partial charge in [-0.1, -0.05) is 29.4 Å². The van der Waals surface area contributed by atoms with Crippen molar-refractivity contribution in [3.8, 4) is 28.7 Å². The van der Waals surface area contributed by atoms with Crippen molar-refractivity contribution in [2.45, 2.75) is 5.16 Å². The lowest BCUT2D eigenvalue weighted by molar-refractivity contribution is -0.113. The molecular formula is C23H20ClN5O3S. The number of benzene rings is 2. The first-order chi connectivity index (χ1) is 16.1. The monoisotopic (exact) mass is 481 g/mol. The van der Waals surface area contributed by atoms with Crippen LogP contribution < -0.4 is 14.8 Å². The molecule has 8 nitrogen and oxygen atoms in total. The van der Waals surface area contributed by atoms with Crippen molar-refractivity contribution >= 4 is 35.0 Å². The number of anilines is 1. The molecule has 4 aromatic rings. The maximum absolute atomic E-state index is 12.6. The number of aromatic nitrogens is 4. The molecule has 0 fully saturated rings. The number of thioether (sulfide) groups is 1. The second-order valence-corrected chi connectivity index (χ2v) is 8.12. The number of carbonyl (C=O) groups is 1. The molecule has 0 spiro atoms. The van der Waals surface area contributed by atoms with Gasteiger partial charge in [0.15, 0.2) is 22.5 Å². The highest BCUT2D eigenvalue weighted by molar-refractivity contribution is 7.99.